The number of nitrogens with zero attached hydrogens (tertiary/aromatic N) is 1. The second-order valence-corrected chi connectivity index (χ2v) is 5.67. The molecule has 2 atom stereocenters. The molecule has 0 aromatic heterocycles. The number of hydrogen-bond donors (Lipinski definition) is 0. The van der Waals surface area contributed by atoms with Crippen molar-refractivity contribution in [3.8, 4) is 6.07 Å². The van der Waals surface area contributed by atoms with Crippen LogP contribution in [0.15, 0.2) is 28.7 Å². The summed E-state index contributed by atoms with van der Waals surface area (Å²) >= 11 is 3.36. The Morgan fingerprint density at radius 3 is 3.05 bits per heavy atom. The van der Waals surface area contributed by atoms with Gasteiger partial charge in [0.2, 0.25) is 0 Å². The summed E-state index contributed by atoms with van der Waals surface area (Å²) in [7, 11) is 0. The first-order chi connectivity index (χ1) is 9.20. The maximum Gasteiger partial charge on any atom is 0.154 e. The molecule has 4 heteroatoms. The second kappa shape index (κ2) is 6.83. The minimum absolute atomic E-state index is 0.0175. The highest BCUT2D eigenvalue weighted by Gasteiger charge is 2.23. The Bertz CT molecular complexity index is 489. The van der Waals surface area contributed by atoms with E-state index in [9.17, 15) is 10.1 Å². The fourth-order valence-electron chi connectivity index (χ4n) is 2.34. The van der Waals surface area contributed by atoms with Gasteiger partial charge in [0.1, 0.15) is 5.92 Å². The van der Waals surface area contributed by atoms with E-state index in [4.69, 9.17) is 4.74 Å². The number of hydrogen-bond acceptors (Lipinski definition) is 3. The van der Waals surface area contributed by atoms with E-state index in [0.717, 1.165) is 35.9 Å². The molecule has 2 rings (SSSR count). The number of nitriles is 1. The lowest BCUT2D eigenvalue weighted by atomic mass is 9.92. The van der Waals surface area contributed by atoms with Gasteiger partial charge in [0.25, 0.3) is 0 Å². The topological polar surface area (TPSA) is 50.1 Å². The van der Waals surface area contributed by atoms with Crippen LogP contribution in [0, 0.1) is 11.3 Å². The number of ether oxygens (including phenoxy) is 1. The van der Waals surface area contributed by atoms with Gasteiger partial charge < -0.3 is 4.74 Å². The quantitative estimate of drug-likeness (QED) is 0.832. The highest BCUT2D eigenvalue weighted by Crippen LogP contribution is 2.24. The van der Waals surface area contributed by atoms with Crippen molar-refractivity contribution in [2.45, 2.75) is 37.7 Å². The van der Waals surface area contributed by atoms with Gasteiger partial charge in [-0.25, -0.2) is 0 Å². The Balaban J connectivity index is 1.97. The summed E-state index contributed by atoms with van der Waals surface area (Å²) in [6.45, 7) is 0.798. The third-order valence-corrected chi connectivity index (χ3v) is 3.86. The molecule has 0 N–H and O–H groups in total. The van der Waals surface area contributed by atoms with Crippen LogP contribution in [0.2, 0.25) is 0 Å². The molecule has 3 nitrogen and oxygen atoms in total. The molecule has 0 bridgehead atoms. The van der Waals surface area contributed by atoms with Crippen LogP contribution in [0.1, 0.15) is 37.2 Å². The number of Topliss-reactive ketones (excluding diaryl/α,β-unsaturated/α-hetero) is 1. The highest BCUT2D eigenvalue weighted by molar-refractivity contribution is 9.10. The van der Waals surface area contributed by atoms with Gasteiger partial charge in [-0.3, -0.25) is 4.79 Å². The monoisotopic (exact) mass is 321 g/mol. The molecule has 1 aliphatic rings. The van der Waals surface area contributed by atoms with Crippen LogP contribution in [0.5, 0.6) is 0 Å². The summed E-state index contributed by atoms with van der Waals surface area (Å²) in [6, 6.07) is 9.49. The van der Waals surface area contributed by atoms with Gasteiger partial charge in [-0.15, -0.1) is 0 Å². The third kappa shape index (κ3) is 3.89. The lowest BCUT2D eigenvalue weighted by Gasteiger charge is -2.11. The van der Waals surface area contributed by atoms with Gasteiger partial charge in [-0.2, -0.15) is 5.26 Å². The molecule has 0 aliphatic carbocycles. The normalized spacial score (nSPS) is 19.9. The van der Waals surface area contributed by atoms with Crippen molar-refractivity contribution < 1.29 is 9.53 Å². The van der Waals surface area contributed by atoms with Gasteiger partial charge in [0.05, 0.1) is 12.2 Å². The molecule has 100 valence electrons. The van der Waals surface area contributed by atoms with Gasteiger partial charge in [-0.05, 0) is 37.0 Å². The summed E-state index contributed by atoms with van der Waals surface area (Å²) in [5.74, 6) is -0.685. The number of carbonyl (C=O) groups excluding carboxylic acids is 1. The van der Waals surface area contributed by atoms with Crippen molar-refractivity contribution in [2.75, 3.05) is 6.61 Å². The lowest BCUT2D eigenvalue weighted by molar-refractivity contribution is -0.120. The fourth-order valence-corrected chi connectivity index (χ4v) is 2.76. The van der Waals surface area contributed by atoms with E-state index in [1.807, 2.05) is 24.3 Å². The zero-order valence-corrected chi connectivity index (χ0v) is 12.2. The predicted octanol–water partition coefficient (Wildman–Crippen LogP) is 3.58. The maximum atomic E-state index is 12.1. The van der Waals surface area contributed by atoms with Crippen molar-refractivity contribution in [1.82, 2.24) is 0 Å². The fraction of sp³-hybridized carbons (Fsp3) is 0.467. The van der Waals surface area contributed by atoms with E-state index in [1.165, 1.54) is 0 Å². The SMILES string of the molecule is N#CC(C(=O)CCC1CCCO1)c1cccc(Br)c1. The minimum Gasteiger partial charge on any atom is -0.378 e. The molecule has 1 aliphatic heterocycles. The minimum atomic E-state index is -0.668. The van der Waals surface area contributed by atoms with Crippen LogP contribution in [0.3, 0.4) is 0 Å². The molecular weight excluding hydrogens is 306 g/mol. The van der Waals surface area contributed by atoms with Crippen LogP contribution >= 0.6 is 15.9 Å². The zero-order chi connectivity index (χ0) is 13.7. The van der Waals surface area contributed by atoms with Crippen LogP contribution in [-0.2, 0) is 9.53 Å². The van der Waals surface area contributed by atoms with E-state index in [-0.39, 0.29) is 11.9 Å². The zero-order valence-electron chi connectivity index (χ0n) is 10.6. The van der Waals surface area contributed by atoms with E-state index in [0.29, 0.717) is 6.42 Å². The Kier molecular flexibility index (Phi) is 5.12. The summed E-state index contributed by atoms with van der Waals surface area (Å²) in [5, 5.41) is 9.22. The average Bonchev–Trinajstić information content (AvgIpc) is 2.90. The summed E-state index contributed by atoms with van der Waals surface area (Å²) in [4.78, 5) is 12.1. The van der Waals surface area contributed by atoms with Crippen molar-refractivity contribution in [3.05, 3.63) is 34.3 Å². The van der Waals surface area contributed by atoms with E-state index in [2.05, 4.69) is 22.0 Å². The van der Waals surface area contributed by atoms with E-state index >= 15 is 0 Å². The largest absolute Gasteiger partial charge is 0.378 e. The van der Waals surface area contributed by atoms with Crippen LogP contribution in [0.4, 0.5) is 0 Å². The van der Waals surface area contributed by atoms with Crippen molar-refractivity contribution in [3.63, 3.8) is 0 Å². The standard InChI is InChI=1S/C15H16BrNO2/c16-12-4-1-3-11(9-12)14(10-17)15(18)7-6-13-5-2-8-19-13/h1,3-4,9,13-14H,2,5-8H2. The molecule has 1 fully saturated rings. The Labute approximate surface area is 121 Å². The predicted molar refractivity (Wildman–Crippen MR) is 75.7 cm³/mol. The van der Waals surface area contributed by atoms with Crippen molar-refractivity contribution in [2.24, 2.45) is 0 Å². The molecule has 0 saturated carbocycles. The summed E-state index contributed by atoms with van der Waals surface area (Å²) < 4.78 is 6.39. The molecule has 0 radical (unpaired) electrons. The molecule has 1 aromatic carbocycles. The lowest BCUT2D eigenvalue weighted by Crippen LogP contribution is -2.14. The van der Waals surface area contributed by atoms with Crippen molar-refractivity contribution in [1.29, 1.82) is 5.26 Å². The third-order valence-electron chi connectivity index (χ3n) is 3.37. The van der Waals surface area contributed by atoms with Crippen LogP contribution in [-0.4, -0.2) is 18.5 Å². The molecular formula is C15H16BrNO2. The first-order valence-corrected chi connectivity index (χ1v) is 7.29. The molecule has 19 heavy (non-hydrogen) atoms. The number of rotatable bonds is 5. The number of carbonyl (C=O) groups is 1. The molecule has 2 unspecified atom stereocenters. The highest BCUT2D eigenvalue weighted by atomic mass is 79.9. The smallest absolute Gasteiger partial charge is 0.154 e. The van der Waals surface area contributed by atoms with Gasteiger partial charge in [0, 0.05) is 17.5 Å². The number of halogens is 1. The Morgan fingerprint density at radius 2 is 2.42 bits per heavy atom. The van der Waals surface area contributed by atoms with Gasteiger partial charge in [0.15, 0.2) is 5.78 Å². The average molecular weight is 322 g/mol. The van der Waals surface area contributed by atoms with E-state index < -0.39 is 5.92 Å². The van der Waals surface area contributed by atoms with Crippen molar-refractivity contribution >= 4 is 21.7 Å². The Morgan fingerprint density at radius 1 is 1.58 bits per heavy atom. The summed E-state index contributed by atoms with van der Waals surface area (Å²) in [5.41, 5.74) is 0.759. The van der Waals surface area contributed by atoms with Crippen LogP contribution in [0.25, 0.3) is 0 Å². The van der Waals surface area contributed by atoms with E-state index in [1.54, 1.807) is 0 Å². The number of ketones is 1. The summed E-state index contributed by atoms with van der Waals surface area (Å²) in [6.07, 6.45) is 3.44. The second-order valence-electron chi connectivity index (χ2n) is 4.76. The molecule has 0 spiro atoms. The molecule has 1 heterocycles. The first-order valence-electron chi connectivity index (χ1n) is 6.50. The molecule has 1 saturated heterocycles. The maximum absolute atomic E-state index is 12.1. The molecule has 1 aromatic rings. The first kappa shape index (κ1) is 14.2. The van der Waals surface area contributed by atoms with Crippen LogP contribution < -0.4 is 0 Å². The number of benzene rings is 1. The Hall–Kier alpha value is -1.18. The van der Waals surface area contributed by atoms with Gasteiger partial charge in [-0.1, -0.05) is 28.1 Å². The van der Waals surface area contributed by atoms with Gasteiger partial charge >= 0.3 is 0 Å². The molecule has 0 amide bonds.